The number of ketones is 1. The van der Waals surface area contributed by atoms with Crippen molar-refractivity contribution in [1.29, 1.82) is 0 Å². The average Bonchev–Trinajstić information content (AvgIpc) is 3.37. The average molecular weight is 444 g/mol. The fraction of sp³-hybridized carbons (Fsp3) is 0.0870. The summed E-state index contributed by atoms with van der Waals surface area (Å²) in [6.07, 6.45) is 6.18. The third-order valence-electron chi connectivity index (χ3n) is 5.19. The number of aliphatic hydroxyl groups excluding tert-OH is 1. The SMILES string of the molecule is COc1ccc2nc(N3C(=O)C(=O)C(=C(O)c4ccncc4)C3c3cccnc3)sc2c1. The molecule has 1 fully saturated rings. The van der Waals surface area contributed by atoms with Crippen LogP contribution in [0.1, 0.15) is 17.2 Å². The van der Waals surface area contributed by atoms with Crippen LogP contribution in [-0.4, -0.2) is 38.9 Å². The van der Waals surface area contributed by atoms with Gasteiger partial charge in [-0.2, -0.15) is 0 Å². The van der Waals surface area contributed by atoms with Crippen LogP contribution in [0, 0.1) is 0 Å². The van der Waals surface area contributed by atoms with Gasteiger partial charge in [0.2, 0.25) is 0 Å². The summed E-state index contributed by atoms with van der Waals surface area (Å²) in [5.74, 6) is -1.16. The minimum atomic E-state index is -0.876. The van der Waals surface area contributed by atoms with E-state index in [1.165, 1.54) is 28.6 Å². The smallest absolute Gasteiger partial charge is 0.301 e. The highest BCUT2D eigenvalue weighted by atomic mass is 32.1. The number of anilines is 1. The number of benzene rings is 1. The van der Waals surface area contributed by atoms with Crippen molar-refractivity contribution in [3.8, 4) is 5.75 Å². The summed E-state index contributed by atoms with van der Waals surface area (Å²) in [5.41, 5.74) is 1.62. The number of nitrogens with zero attached hydrogens (tertiary/aromatic N) is 4. The molecule has 1 amide bonds. The van der Waals surface area contributed by atoms with E-state index in [9.17, 15) is 14.7 Å². The molecule has 4 heterocycles. The largest absolute Gasteiger partial charge is 0.507 e. The number of aromatic nitrogens is 3. The quantitative estimate of drug-likeness (QED) is 0.290. The first-order valence-electron chi connectivity index (χ1n) is 9.64. The highest BCUT2D eigenvalue weighted by molar-refractivity contribution is 7.22. The van der Waals surface area contributed by atoms with Gasteiger partial charge in [-0.15, -0.1) is 0 Å². The number of amides is 1. The molecule has 1 aromatic carbocycles. The first-order valence-corrected chi connectivity index (χ1v) is 10.5. The predicted molar refractivity (Wildman–Crippen MR) is 119 cm³/mol. The molecule has 1 saturated heterocycles. The summed E-state index contributed by atoms with van der Waals surface area (Å²) in [7, 11) is 1.57. The molecule has 0 aliphatic carbocycles. The zero-order valence-electron chi connectivity index (χ0n) is 16.8. The van der Waals surface area contributed by atoms with E-state index in [-0.39, 0.29) is 11.3 Å². The summed E-state index contributed by atoms with van der Waals surface area (Å²) in [5, 5.41) is 11.4. The summed E-state index contributed by atoms with van der Waals surface area (Å²) < 4.78 is 6.08. The maximum atomic E-state index is 13.2. The van der Waals surface area contributed by atoms with Crippen molar-refractivity contribution in [2.75, 3.05) is 12.0 Å². The number of carbonyl (C=O) groups is 2. The first-order chi connectivity index (χ1) is 15.6. The Kier molecular flexibility index (Phi) is 4.87. The molecule has 1 N–H and O–H groups in total. The van der Waals surface area contributed by atoms with Gasteiger partial charge in [0.1, 0.15) is 11.5 Å². The molecule has 0 spiro atoms. The lowest BCUT2D eigenvalue weighted by molar-refractivity contribution is -0.132. The lowest BCUT2D eigenvalue weighted by Gasteiger charge is -2.22. The van der Waals surface area contributed by atoms with Crippen molar-refractivity contribution in [1.82, 2.24) is 15.0 Å². The van der Waals surface area contributed by atoms with Gasteiger partial charge in [-0.1, -0.05) is 17.4 Å². The van der Waals surface area contributed by atoms with E-state index in [0.29, 0.717) is 27.5 Å². The number of carbonyl (C=O) groups excluding carboxylic acids is 2. The second kappa shape index (κ2) is 7.86. The fourth-order valence-corrected chi connectivity index (χ4v) is 4.69. The normalized spacial score (nSPS) is 17.8. The zero-order valence-corrected chi connectivity index (χ0v) is 17.6. The molecule has 8 nitrogen and oxygen atoms in total. The predicted octanol–water partition coefficient (Wildman–Crippen LogP) is 3.72. The van der Waals surface area contributed by atoms with Gasteiger partial charge in [-0.25, -0.2) is 4.98 Å². The van der Waals surface area contributed by atoms with Gasteiger partial charge in [0.15, 0.2) is 5.13 Å². The number of fused-ring (bicyclic) bond motifs is 1. The van der Waals surface area contributed by atoms with Crippen molar-refractivity contribution >= 4 is 44.1 Å². The Morgan fingerprint density at radius 2 is 1.91 bits per heavy atom. The number of hydrogen-bond acceptors (Lipinski definition) is 8. The molecular weight excluding hydrogens is 428 g/mol. The van der Waals surface area contributed by atoms with Crippen molar-refractivity contribution in [3.63, 3.8) is 0 Å². The van der Waals surface area contributed by atoms with Crippen LogP contribution in [0.15, 0.2) is 72.8 Å². The first kappa shape index (κ1) is 19.8. The van der Waals surface area contributed by atoms with Gasteiger partial charge in [0.25, 0.3) is 5.78 Å². The molecule has 158 valence electrons. The highest BCUT2D eigenvalue weighted by Crippen LogP contribution is 2.44. The second-order valence-corrected chi connectivity index (χ2v) is 8.03. The third kappa shape index (κ3) is 3.19. The van der Waals surface area contributed by atoms with Crippen LogP contribution in [0.5, 0.6) is 5.75 Å². The zero-order chi connectivity index (χ0) is 22.2. The van der Waals surface area contributed by atoms with Crippen LogP contribution in [0.2, 0.25) is 0 Å². The van der Waals surface area contributed by atoms with Gasteiger partial charge < -0.3 is 9.84 Å². The standard InChI is InChI=1S/C23H16N4O4S/c1-31-15-4-5-16-17(11-15)32-23(26-16)27-19(14-3-2-8-25-12-14)18(21(29)22(27)30)20(28)13-6-9-24-10-7-13/h2-12,19,28H,1H3. The molecule has 4 aromatic rings. The summed E-state index contributed by atoms with van der Waals surface area (Å²) in [6, 6.07) is 11.1. The fourth-order valence-electron chi connectivity index (χ4n) is 3.67. The Balaban J connectivity index is 1.71. The Hall–Kier alpha value is -4.11. The van der Waals surface area contributed by atoms with Crippen LogP contribution in [-0.2, 0) is 9.59 Å². The van der Waals surface area contributed by atoms with Gasteiger partial charge >= 0.3 is 5.91 Å². The van der Waals surface area contributed by atoms with E-state index in [1.54, 1.807) is 55.9 Å². The summed E-state index contributed by atoms with van der Waals surface area (Å²) in [6.45, 7) is 0. The monoisotopic (exact) mass is 444 g/mol. The number of aliphatic hydroxyl groups is 1. The van der Waals surface area contributed by atoms with Crippen molar-refractivity contribution < 1.29 is 19.4 Å². The number of ether oxygens (including phenoxy) is 1. The molecule has 0 radical (unpaired) electrons. The summed E-state index contributed by atoms with van der Waals surface area (Å²) in [4.78, 5) is 40.3. The number of hydrogen-bond donors (Lipinski definition) is 1. The van der Waals surface area contributed by atoms with Crippen molar-refractivity contribution in [2.45, 2.75) is 6.04 Å². The molecule has 0 bridgehead atoms. The van der Waals surface area contributed by atoms with E-state index in [0.717, 1.165) is 4.70 Å². The Morgan fingerprint density at radius 1 is 1.09 bits per heavy atom. The molecule has 32 heavy (non-hydrogen) atoms. The second-order valence-electron chi connectivity index (χ2n) is 7.02. The number of pyridine rings is 2. The molecule has 9 heteroatoms. The van der Waals surface area contributed by atoms with Crippen LogP contribution in [0.4, 0.5) is 5.13 Å². The molecule has 1 atom stereocenters. The molecular formula is C23H16N4O4S. The Morgan fingerprint density at radius 3 is 2.62 bits per heavy atom. The summed E-state index contributed by atoms with van der Waals surface area (Å²) >= 11 is 1.26. The lowest BCUT2D eigenvalue weighted by atomic mass is 9.97. The number of rotatable bonds is 4. The minimum Gasteiger partial charge on any atom is -0.507 e. The molecule has 1 aliphatic rings. The number of thiazole rings is 1. The Labute approximate surface area is 186 Å². The molecule has 0 saturated carbocycles. The van der Waals surface area contributed by atoms with Gasteiger partial charge in [0.05, 0.1) is 28.9 Å². The van der Waals surface area contributed by atoms with E-state index in [2.05, 4.69) is 15.0 Å². The number of Topliss-reactive ketones (excluding diaryl/α,β-unsaturated/α-hetero) is 1. The highest BCUT2D eigenvalue weighted by Gasteiger charge is 2.48. The van der Waals surface area contributed by atoms with Crippen molar-refractivity contribution in [3.05, 3.63) is 84.0 Å². The molecule has 5 rings (SSSR count). The maximum absolute atomic E-state index is 13.2. The van der Waals surface area contributed by atoms with E-state index < -0.39 is 17.7 Å². The van der Waals surface area contributed by atoms with Crippen LogP contribution in [0.3, 0.4) is 0 Å². The topological polar surface area (TPSA) is 106 Å². The lowest BCUT2D eigenvalue weighted by Crippen LogP contribution is -2.29. The molecule has 1 aliphatic heterocycles. The van der Waals surface area contributed by atoms with Crippen molar-refractivity contribution in [2.24, 2.45) is 0 Å². The minimum absolute atomic E-state index is 0.0222. The van der Waals surface area contributed by atoms with Crippen LogP contribution in [0.25, 0.3) is 16.0 Å². The third-order valence-corrected chi connectivity index (χ3v) is 6.21. The molecule has 3 aromatic heterocycles. The van der Waals surface area contributed by atoms with Gasteiger partial charge in [0, 0.05) is 30.4 Å². The maximum Gasteiger partial charge on any atom is 0.301 e. The molecule has 1 unspecified atom stereocenters. The van der Waals surface area contributed by atoms with Gasteiger partial charge in [-0.05, 0) is 42.0 Å². The number of methoxy groups -OCH3 is 1. The van der Waals surface area contributed by atoms with E-state index >= 15 is 0 Å². The van der Waals surface area contributed by atoms with E-state index in [1.807, 2.05) is 6.07 Å². The van der Waals surface area contributed by atoms with Gasteiger partial charge in [-0.3, -0.25) is 24.5 Å². The van der Waals surface area contributed by atoms with E-state index in [4.69, 9.17) is 4.74 Å². The van der Waals surface area contributed by atoms with Crippen LogP contribution >= 0.6 is 11.3 Å². The van der Waals surface area contributed by atoms with Crippen LogP contribution < -0.4 is 9.64 Å². The Bertz CT molecular complexity index is 1370.